The van der Waals surface area contributed by atoms with Crippen LogP contribution in [0.3, 0.4) is 0 Å². The summed E-state index contributed by atoms with van der Waals surface area (Å²) in [6.45, 7) is 3.59. The van der Waals surface area contributed by atoms with Crippen molar-refractivity contribution in [1.82, 2.24) is 4.90 Å². The van der Waals surface area contributed by atoms with E-state index < -0.39 is 0 Å². The molecule has 0 N–H and O–H groups in total. The van der Waals surface area contributed by atoms with Crippen LogP contribution in [-0.4, -0.2) is 49.2 Å². The Morgan fingerprint density at radius 3 is 2.21 bits per heavy atom. The first-order valence-corrected chi connectivity index (χ1v) is 10.5. The van der Waals surface area contributed by atoms with Gasteiger partial charge in [-0.25, -0.2) is 0 Å². The fourth-order valence-corrected chi connectivity index (χ4v) is 4.85. The monoisotopic (exact) mass is 393 g/mol. The molecule has 5 nitrogen and oxygen atoms in total. The lowest BCUT2D eigenvalue weighted by Gasteiger charge is -2.48. The Morgan fingerprint density at radius 2 is 1.55 bits per heavy atom. The molecule has 152 valence electrons. The Morgan fingerprint density at radius 1 is 0.897 bits per heavy atom. The summed E-state index contributed by atoms with van der Waals surface area (Å²) in [5.74, 6) is 0.312. The minimum atomic E-state index is -0.295. The summed E-state index contributed by atoms with van der Waals surface area (Å²) in [6.07, 6.45) is 1.43. The Kier molecular flexibility index (Phi) is 5.46. The maximum Gasteiger partial charge on any atom is 0.184 e. The van der Waals surface area contributed by atoms with Gasteiger partial charge in [-0.2, -0.15) is 0 Å². The molecule has 0 spiro atoms. The molecule has 0 aromatic heterocycles. The van der Waals surface area contributed by atoms with Crippen LogP contribution in [0.2, 0.25) is 0 Å². The average Bonchev–Trinajstić information content (AvgIpc) is 3.29. The number of carbonyl (C=O) groups excluding carboxylic acids is 1. The van der Waals surface area contributed by atoms with Crippen molar-refractivity contribution in [2.24, 2.45) is 5.92 Å². The zero-order valence-electron chi connectivity index (χ0n) is 16.5. The van der Waals surface area contributed by atoms with Gasteiger partial charge in [0.15, 0.2) is 12.1 Å². The number of nitrogens with zero attached hydrogens (tertiary/aromatic N) is 1. The number of piperidine rings is 1. The molecule has 2 unspecified atom stereocenters. The fraction of sp³-hybridized carbons (Fsp3) is 0.458. The SMILES string of the molecule is O=C(c1ccc(C2OCCO2)cc1)C1CC2COCC(C1)N2Cc1ccccc1. The number of hydrogen-bond donors (Lipinski definition) is 0. The van der Waals surface area contributed by atoms with Crippen LogP contribution in [0.15, 0.2) is 54.6 Å². The molecule has 2 atom stereocenters. The first kappa shape index (κ1) is 18.9. The predicted octanol–water partition coefficient (Wildman–Crippen LogP) is 3.59. The van der Waals surface area contributed by atoms with E-state index in [0.717, 1.165) is 30.5 Å². The van der Waals surface area contributed by atoms with E-state index in [0.29, 0.717) is 38.5 Å². The maximum absolute atomic E-state index is 13.2. The van der Waals surface area contributed by atoms with Gasteiger partial charge in [0.2, 0.25) is 0 Å². The molecule has 3 heterocycles. The van der Waals surface area contributed by atoms with Crippen molar-refractivity contribution < 1.29 is 19.0 Å². The molecule has 3 aliphatic rings. The van der Waals surface area contributed by atoms with Gasteiger partial charge in [0, 0.05) is 35.7 Å². The summed E-state index contributed by atoms with van der Waals surface area (Å²) >= 11 is 0. The van der Waals surface area contributed by atoms with E-state index in [-0.39, 0.29) is 18.0 Å². The third-order valence-electron chi connectivity index (χ3n) is 6.34. The summed E-state index contributed by atoms with van der Waals surface area (Å²) in [5, 5.41) is 0. The highest BCUT2D eigenvalue weighted by Gasteiger charge is 2.41. The van der Waals surface area contributed by atoms with Gasteiger partial charge >= 0.3 is 0 Å². The van der Waals surface area contributed by atoms with Crippen LogP contribution < -0.4 is 0 Å². The maximum atomic E-state index is 13.2. The van der Waals surface area contributed by atoms with Crippen LogP contribution in [0.4, 0.5) is 0 Å². The molecular formula is C24H27NO4. The van der Waals surface area contributed by atoms with Crippen molar-refractivity contribution in [3.63, 3.8) is 0 Å². The summed E-state index contributed by atoms with van der Waals surface area (Å²) in [4.78, 5) is 15.7. The zero-order valence-corrected chi connectivity index (χ0v) is 16.5. The van der Waals surface area contributed by atoms with E-state index in [1.807, 2.05) is 24.3 Å². The third-order valence-corrected chi connectivity index (χ3v) is 6.34. The van der Waals surface area contributed by atoms with Gasteiger partial charge < -0.3 is 14.2 Å². The summed E-state index contributed by atoms with van der Waals surface area (Å²) in [5.41, 5.74) is 3.08. The number of rotatable bonds is 5. The van der Waals surface area contributed by atoms with Crippen molar-refractivity contribution in [3.05, 3.63) is 71.3 Å². The highest BCUT2D eigenvalue weighted by molar-refractivity contribution is 5.98. The first-order chi connectivity index (χ1) is 14.3. The lowest BCUT2D eigenvalue weighted by Crippen LogP contribution is -2.57. The largest absolute Gasteiger partial charge is 0.378 e. The minimum absolute atomic E-state index is 0.0609. The molecule has 5 heteroatoms. The Bertz CT molecular complexity index is 818. The summed E-state index contributed by atoms with van der Waals surface area (Å²) < 4.78 is 16.9. The highest BCUT2D eigenvalue weighted by Crippen LogP contribution is 2.35. The third kappa shape index (κ3) is 4.01. The lowest BCUT2D eigenvalue weighted by atomic mass is 9.80. The van der Waals surface area contributed by atoms with Gasteiger partial charge in [0.25, 0.3) is 0 Å². The van der Waals surface area contributed by atoms with Crippen molar-refractivity contribution in [1.29, 1.82) is 0 Å². The number of ketones is 1. The smallest absolute Gasteiger partial charge is 0.184 e. The van der Waals surface area contributed by atoms with Crippen LogP contribution in [0.1, 0.15) is 40.6 Å². The molecule has 0 amide bonds. The molecule has 2 aromatic rings. The number of hydrogen-bond acceptors (Lipinski definition) is 5. The van der Waals surface area contributed by atoms with Gasteiger partial charge in [0.05, 0.1) is 26.4 Å². The van der Waals surface area contributed by atoms with E-state index >= 15 is 0 Å². The van der Waals surface area contributed by atoms with E-state index in [2.05, 4.69) is 35.2 Å². The highest BCUT2D eigenvalue weighted by atomic mass is 16.7. The minimum Gasteiger partial charge on any atom is -0.378 e. The zero-order chi connectivity index (χ0) is 19.6. The molecule has 2 bridgehead atoms. The second-order valence-corrected chi connectivity index (χ2v) is 8.23. The van der Waals surface area contributed by atoms with Crippen LogP contribution in [-0.2, 0) is 20.8 Å². The van der Waals surface area contributed by atoms with E-state index in [9.17, 15) is 4.79 Å². The van der Waals surface area contributed by atoms with Crippen LogP contribution in [0, 0.1) is 5.92 Å². The molecule has 0 saturated carbocycles. The van der Waals surface area contributed by atoms with Gasteiger partial charge in [-0.3, -0.25) is 9.69 Å². The Hall–Kier alpha value is -2.05. The Labute approximate surface area is 171 Å². The number of morpholine rings is 1. The lowest BCUT2D eigenvalue weighted by molar-refractivity contribution is -0.0872. The summed E-state index contributed by atoms with van der Waals surface area (Å²) in [7, 11) is 0. The van der Waals surface area contributed by atoms with E-state index in [1.165, 1.54) is 5.56 Å². The quantitative estimate of drug-likeness (QED) is 0.727. The molecule has 0 radical (unpaired) electrons. The molecule has 0 aliphatic carbocycles. The molecule has 3 fully saturated rings. The van der Waals surface area contributed by atoms with Crippen LogP contribution in [0.5, 0.6) is 0 Å². The van der Waals surface area contributed by atoms with E-state index in [1.54, 1.807) is 0 Å². The number of ether oxygens (including phenoxy) is 3. The average molecular weight is 393 g/mol. The first-order valence-electron chi connectivity index (χ1n) is 10.5. The Balaban J connectivity index is 1.27. The second kappa shape index (κ2) is 8.36. The molecule has 5 rings (SSSR count). The van der Waals surface area contributed by atoms with Crippen molar-refractivity contribution in [2.75, 3.05) is 26.4 Å². The normalized spacial score (nSPS) is 27.8. The number of Topliss-reactive ketones (excluding diaryl/α,β-unsaturated/α-hetero) is 1. The number of carbonyl (C=O) groups is 1. The van der Waals surface area contributed by atoms with Crippen LogP contribution >= 0.6 is 0 Å². The van der Waals surface area contributed by atoms with Gasteiger partial charge in [0.1, 0.15) is 0 Å². The van der Waals surface area contributed by atoms with Crippen molar-refractivity contribution >= 4 is 5.78 Å². The van der Waals surface area contributed by atoms with Crippen molar-refractivity contribution in [3.8, 4) is 0 Å². The predicted molar refractivity (Wildman–Crippen MR) is 109 cm³/mol. The second-order valence-electron chi connectivity index (χ2n) is 8.23. The number of benzene rings is 2. The molecule has 3 saturated heterocycles. The van der Waals surface area contributed by atoms with Gasteiger partial charge in [-0.1, -0.05) is 54.6 Å². The molecule has 29 heavy (non-hydrogen) atoms. The topological polar surface area (TPSA) is 48.0 Å². The fourth-order valence-electron chi connectivity index (χ4n) is 4.85. The molecular weight excluding hydrogens is 366 g/mol. The van der Waals surface area contributed by atoms with Crippen molar-refractivity contribution in [2.45, 2.75) is 37.8 Å². The molecule has 3 aliphatic heterocycles. The summed E-state index contributed by atoms with van der Waals surface area (Å²) in [6, 6.07) is 18.9. The standard InChI is InChI=1S/C24H27NO4/c26-23(18-6-8-19(9-7-18)24-28-10-11-29-24)20-12-21-15-27-16-22(13-20)25(21)14-17-4-2-1-3-5-17/h1-9,20-22,24H,10-16H2. The van der Waals surface area contributed by atoms with Gasteiger partial charge in [-0.05, 0) is 18.4 Å². The number of fused-ring (bicyclic) bond motifs is 2. The van der Waals surface area contributed by atoms with Gasteiger partial charge in [-0.15, -0.1) is 0 Å². The molecule has 2 aromatic carbocycles. The van der Waals surface area contributed by atoms with Crippen LogP contribution in [0.25, 0.3) is 0 Å². The van der Waals surface area contributed by atoms with E-state index in [4.69, 9.17) is 14.2 Å².